The molecule has 1 rings (SSSR count). The fraction of sp³-hybridized carbons (Fsp3) is 0.786. The molecule has 0 bridgehead atoms. The molecule has 3 heteroatoms. The van der Waals surface area contributed by atoms with Crippen LogP contribution < -0.4 is 5.32 Å². The summed E-state index contributed by atoms with van der Waals surface area (Å²) < 4.78 is 5.16. The molecule has 0 aromatic carbocycles. The Kier molecular flexibility index (Phi) is 5.69. The number of carbonyl (C=O) groups excluding carboxylic acids is 1. The van der Waals surface area contributed by atoms with Crippen molar-refractivity contribution in [2.75, 3.05) is 13.2 Å². The van der Waals surface area contributed by atoms with Crippen LogP contribution in [0.3, 0.4) is 0 Å². The molecule has 1 N–H and O–H groups in total. The van der Waals surface area contributed by atoms with Gasteiger partial charge in [0.25, 0.3) is 0 Å². The number of esters is 1. The standard InChI is InChI=1S/C14H25NO2/c1-5-15-13(14(16)17-6-2)12-8-10(3)7-11(4)9-12/h7,10,12-13,15H,5-6,8-9H2,1-4H3. The maximum Gasteiger partial charge on any atom is 0.323 e. The zero-order valence-corrected chi connectivity index (χ0v) is 11.5. The van der Waals surface area contributed by atoms with Crippen LogP contribution in [0.5, 0.6) is 0 Å². The second kappa shape index (κ2) is 6.80. The van der Waals surface area contributed by atoms with Crippen molar-refractivity contribution >= 4 is 5.97 Å². The van der Waals surface area contributed by atoms with Gasteiger partial charge in [0.15, 0.2) is 0 Å². The van der Waals surface area contributed by atoms with Crippen molar-refractivity contribution in [1.82, 2.24) is 5.32 Å². The number of nitrogens with one attached hydrogen (secondary N) is 1. The normalized spacial score (nSPS) is 26.2. The zero-order chi connectivity index (χ0) is 12.8. The first kappa shape index (κ1) is 14.2. The van der Waals surface area contributed by atoms with E-state index in [9.17, 15) is 4.79 Å². The molecule has 1 aliphatic carbocycles. The largest absolute Gasteiger partial charge is 0.465 e. The number of allylic oxidation sites excluding steroid dienone is 2. The lowest BCUT2D eigenvalue weighted by Gasteiger charge is -2.31. The van der Waals surface area contributed by atoms with Crippen LogP contribution in [0, 0.1) is 11.8 Å². The number of ether oxygens (including phenoxy) is 1. The topological polar surface area (TPSA) is 38.3 Å². The molecule has 17 heavy (non-hydrogen) atoms. The van der Waals surface area contributed by atoms with Crippen molar-refractivity contribution in [2.45, 2.75) is 46.6 Å². The van der Waals surface area contributed by atoms with E-state index in [0.717, 1.165) is 19.4 Å². The molecule has 98 valence electrons. The molecule has 0 heterocycles. The molecular formula is C14H25NO2. The number of carbonyl (C=O) groups is 1. The van der Waals surface area contributed by atoms with Crippen LogP contribution >= 0.6 is 0 Å². The summed E-state index contributed by atoms with van der Waals surface area (Å²) in [6, 6.07) is -0.147. The molecule has 0 aromatic rings. The van der Waals surface area contributed by atoms with Gasteiger partial charge < -0.3 is 10.1 Å². The van der Waals surface area contributed by atoms with Gasteiger partial charge >= 0.3 is 5.97 Å². The molecule has 1 aliphatic rings. The smallest absolute Gasteiger partial charge is 0.323 e. The summed E-state index contributed by atoms with van der Waals surface area (Å²) in [5, 5.41) is 3.28. The lowest BCUT2D eigenvalue weighted by Crippen LogP contribution is -2.45. The van der Waals surface area contributed by atoms with E-state index in [-0.39, 0.29) is 12.0 Å². The van der Waals surface area contributed by atoms with Crippen LogP contribution in [0.4, 0.5) is 0 Å². The Hall–Kier alpha value is -0.830. The van der Waals surface area contributed by atoms with Crippen LogP contribution in [0.15, 0.2) is 11.6 Å². The van der Waals surface area contributed by atoms with E-state index in [4.69, 9.17) is 4.74 Å². The molecule has 0 radical (unpaired) electrons. The van der Waals surface area contributed by atoms with Gasteiger partial charge in [0.2, 0.25) is 0 Å². The zero-order valence-electron chi connectivity index (χ0n) is 11.5. The SMILES string of the molecule is CCNC(C(=O)OCC)C1CC(C)=CC(C)C1. The molecule has 3 nitrogen and oxygen atoms in total. The van der Waals surface area contributed by atoms with E-state index in [1.807, 2.05) is 13.8 Å². The highest BCUT2D eigenvalue weighted by molar-refractivity contribution is 5.76. The third-order valence-corrected chi connectivity index (χ3v) is 3.26. The van der Waals surface area contributed by atoms with Crippen LogP contribution in [0.2, 0.25) is 0 Å². The van der Waals surface area contributed by atoms with Gasteiger partial charge in [-0.3, -0.25) is 4.79 Å². The minimum absolute atomic E-state index is 0.0961. The van der Waals surface area contributed by atoms with E-state index in [1.54, 1.807) is 0 Å². The summed E-state index contributed by atoms with van der Waals surface area (Å²) in [6.45, 7) is 9.51. The second-order valence-corrected chi connectivity index (χ2v) is 4.98. The van der Waals surface area contributed by atoms with Gasteiger partial charge in [-0.2, -0.15) is 0 Å². The molecule has 0 spiro atoms. The molecule has 0 aliphatic heterocycles. The quantitative estimate of drug-likeness (QED) is 0.592. The van der Waals surface area contributed by atoms with E-state index in [1.165, 1.54) is 5.57 Å². The molecule has 0 amide bonds. The van der Waals surface area contributed by atoms with E-state index in [2.05, 4.69) is 25.2 Å². The van der Waals surface area contributed by atoms with Crippen LogP contribution in [0.25, 0.3) is 0 Å². The predicted molar refractivity (Wildman–Crippen MR) is 69.7 cm³/mol. The highest BCUT2D eigenvalue weighted by Crippen LogP contribution is 2.30. The van der Waals surface area contributed by atoms with Crippen molar-refractivity contribution in [3.8, 4) is 0 Å². The van der Waals surface area contributed by atoms with Crippen molar-refractivity contribution in [2.24, 2.45) is 11.8 Å². The highest BCUT2D eigenvalue weighted by atomic mass is 16.5. The van der Waals surface area contributed by atoms with E-state index in [0.29, 0.717) is 18.4 Å². The van der Waals surface area contributed by atoms with Crippen molar-refractivity contribution in [3.05, 3.63) is 11.6 Å². The number of likely N-dealkylation sites (N-methyl/N-ethyl adjacent to an activating group) is 1. The van der Waals surface area contributed by atoms with Gasteiger partial charge in [0.05, 0.1) is 6.61 Å². The first-order chi connectivity index (χ1) is 8.08. The van der Waals surface area contributed by atoms with Gasteiger partial charge in [-0.15, -0.1) is 0 Å². The van der Waals surface area contributed by atoms with Gasteiger partial charge in [-0.25, -0.2) is 0 Å². The second-order valence-electron chi connectivity index (χ2n) is 4.98. The highest BCUT2D eigenvalue weighted by Gasteiger charge is 2.31. The maximum absolute atomic E-state index is 11.9. The Morgan fingerprint density at radius 3 is 2.82 bits per heavy atom. The van der Waals surface area contributed by atoms with Gasteiger partial charge in [-0.1, -0.05) is 25.5 Å². The molecule has 3 atom stereocenters. The maximum atomic E-state index is 11.9. The first-order valence-electron chi connectivity index (χ1n) is 6.65. The summed E-state index contributed by atoms with van der Waals surface area (Å²) in [4.78, 5) is 11.9. The summed E-state index contributed by atoms with van der Waals surface area (Å²) in [7, 11) is 0. The van der Waals surface area contributed by atoms with Gasteiger partial charge in [0, 0.05) is 0 Å². The van der Waals surface area contributed by atoms with E-state index >= 15 is 0 Å². The Labute approximate surface area is 105 Å². The molecule has 0 saturated heterocycles. The van der Waals surface area contributed by atoms with Crippen LogP contribution in [-0.4, -0.2) is 25.2 Å². The van der Waals surface area contributed by atoms with Crippen molar-refractivity contribution in [1.29, 1.82) is 0 Å². The minimum Gasteiger partial charge on any atom is -0.465 e. The Bertz CT molecular complexity index is 286. The fourth-order valence-electron chi connectivity index (χ4n) is 2.74. The lowest BCUT2D eigenvalue weighted by molar-refractivity contribution is -0.147. The Morgan fingerprint density at radius 2 is 2.29 bits per heavy atom. The molecule has 0 aromatic heterocycles. The number of hydrogen-bond acceptors (Lipinski definition) is 3. The third-order valence-electron chi connectivity index (χ3n) is 3.26. The van der Waals surface area contributed by atoms with Crippen molar-refractivity contribution < 1.29 is 9.53 Å². The van der Waals surface area contributed by atoms with E-state index < -0.39 is 0 Å². The Morgan fingerprint density at radius 1 is 1.59 bits per heavy atom. The first-order valence-corrected chi connectivity index (χ1v) is 6.65. The third kappa shape index (κ3) is 4.15. The molecule has 3 unspecified atom stereocenters. The molecular weight excluding hydrogens is 214 g/mol. The summed E-state index contributed by atoms with van der Waals surface area (Å²) in [6.07, 6.45) is 4.37. The van der Waals surface area contributed by atoms with Crippen molar-refractivity contribution in [3.63, 3.8) is 0 Å². The van der Waals surface area contributed by atoms with Gasteiger partial charge in [-0.05, 0) is 45.1 Å². The number of rotatable bonds is 5. The summed E-state index contributed by atoms with van der Waals surface area (Å²) in [5.41, 5.74) is 1.39. The predicted octanol–water partition coefficient (Wildman–Crippen LogP) is 2.52. The monoisotopic (exact) mass is 239 g/mol. The summed E-state index contributed by atoms with van der Waals surface area (Å²) in [5.74, 6) is 0.833. The van der Waals surface area contributed by atoms with Crippen LogP contribution in [-0.2, 0) is 9.53 Å². The minimum atomic E-state index is -0.147. The molecule has 0 saturated carbocycles. The lowest BCUT2D eigenvalue weighted by atomic mass is 9.79. The average Bonchev–Trinajstić information content (AvgIpc) is 2.24. The van der Waals surface area contributed by atoms with Gasteiger partial charge in [0.1, 0.15) is 6.04 Å². The number of hydrogen-bond donors (Lipinski definition) is 1. The molecule has 0 fully saturated rings. The van der Waals surface area contributed by atoms with Crippen LogP contribution in [0.1, 0.15) is 40.5 Å². The Balaban J connectivity index is 2.70. The average molecular weight is 239 g/mol. The fourth-order valence-corrected chi connectivity index (χ4v) is 2.74. The summed E-state index contributed by atoms with van der Waals surface area (Å²) >= 11 is 0.